The first kappa shape index (κ1) is 13.3. The lowest BCUT2D eigenvalue weighted by molar-refractivity contribution is 0.0572. The lowest BCUT2D eigenvalue weighted by Crippen LogP contribution is -2.51. The van der Waals surface area contributed by atoms with Gasteiger partial charge in [-0.05, 0) is 24.4 Å². The molecule has 0 atom stereocenters. The Morgan fingerprint density at radius 2 is 1.84 bits per heavy atom. The highest BCUT2D eigenvalue weighted by molar-refractivity contribution is 7.17. The summed E-state index contributed by atoms with van der Waals surface area (Å²) in [6, 6.07) is 0.744. The first-order valence-corrected chi connectivity index (χ1v) is 7.96. The largest absolute Gasteiger partial charge is 0.334 e. The van der Waals surface area contributed by atoms with Gasteiger partial charge in [0.2, 0.25) is 9.47 Å². The highest BCUT2D eigenvalue weighted by atomic mass is 35.5. The van der Waals surface area contributed by atoms with Crippen LogP contribution in [0, 0.1) is 0 Å². The summed E-state index contributed by atoms with van der Waals surface area (Å²) in [6.07, 6.45) is 5.35. The van der Waals surface area contributed by atoms with Crippen molar-refractivity contribution in [3.63, 3.8) is 0 Å². The zero-order valence-electron chi connectivity index (χ0n) is 10.7. The lowest BCUT2D eigenvalue weighted by Gasteiger charge is -2.37. The molecular formula is C12H17ClN4OS. The smallest absolute Gasteiger partial charge is 0.284 e. The third kappa shape index (κ3) is 2.90. The Morgan fingerprint density at radius 3 is 2.42 bits per heavy atom. The number of nitrogens with zero attached hydrogens (tertiary/aromatic N) is 4. The van der Waals surface area contributed by atoms with Crippen LogP contribution in [0.2, 0.25) is 4.47 Å². The molecule has 1 saturated heterocycles. The zero-order valence-corrected chi connectivity index (χ0v) is 12.3. The van der Waals surface area contributed by atoms with E-state index in [0.29, 0.717) is 9.47 Å². The summed E-state index contributed by atoms with van der Waals surface area (Å²) in [5.41, 5.74) is 0. The average Bonchev–Trinajstić information content (AvgIpc) is 3.09. The van der Waals surface area contributed by atoms with Crippen molar-refractivity contribution in [3.8, 4) is 0 Å². The quantitative estimate of drug-likeness (QED) is 0.837. The van der Waals surface area contributed by atoms with E-state index in [2.05, 4.69) is 15.1 Å². The molecule has 0 aromatic carbocycles. The molecule has 2 heterocycles. The molecule has 3 rings (SSSR count). The number of piperazine rings is 1. The Kier molecular flexibility index (Phi) is 4.00. The Labute approximate surface area is 121 Å². The summed E-state index contributed by atoms with van der Waals surface area (Å²) in [7, 11) is 0. The molecule has 1 saturated carbocycles. The fraction of sp³-hybridized carbons (Fsp3) is 0.750. The summed E-state index contributed by atoms with van der Waals surface area (Å²) in [5, 5.41) is 7.91. The van der Waals surface area contributed by atoms with Gasteiger partial charge in [0.1, 0.15) is 0 Å². The summed E-state index contributed by atoms with van der Waals surface area (Å²) < 4.78 is 0.327. The number of rotatable bonds is 2. The van der Waals surface area contributed by atoms with E-state index in [1.54, 1.807) is 0 Å². The predicted molar refractivity (Wildman–Crippen MR) is 74.7 cm³/mol. The van der Waals surface area contributed by atoms with Crippen LogP contribution in [-0.2, 0) is 0 Å². The first-order chi connectivity index (χ1) is 9.24. The molecule has 0 spiro atoms. The molecule has 0 unspecified atom stereocenters. The van der Waals surface area contributed by atoms with Crippen LogP contribution in [-0.4, -0.2) is 58.1 Å². The summed E-state index contributed by atoms with van der Waals surface area (Å²) in [5.74, 6) is -0.0320. The Balaban J connectivity index is 1.56. The van der Waals surface area contributed by atoms with E-state index >= 15 is 0 Å². The Hall–Kier alpha value is -0.720. The second kappa shape index (κ2) is 5.73. The van der Waals surface area contributed by atoms with Gasteiger partial charge in [-0.1, -0.05) is 24.2 Å². The third-order valence-corrected chi connectivity index (χ3v) is 5.03. The maximum Gasteiger partial charge on any atom is 0.284 e. The molecule has 1 aliphatic carbocycles. The number of carbonyl (C=O) groups is 1. The molecule has 5 nitrogen and oxygen atoms in total. The Morgan fingerprint density at radius 1 is 1.16 bits per heavy atom. The van der Waals surface area contributed by atoms with Crippen molar-refractivity contribution in [2.24, 2.45) is 0 Å². The summed E-state index contributed by atoms with van der Waals surface area (Å²) in [6.45, 7) is 3.52. The van der Waals surface area contributed by atoms with Crippen LogP contribution in [0.15, 0.2) is 0 Å². The van der Waals surface area contributed by atoms with Crippen LogP contribution in [0.1, 0.15) is 35.5 Å². The van der Waals surface area contributed by atoms with Crippen molar-refractivity contribution in [1.29, 1.82) is 0 Å². The van der Waals surface area contributed by atoms with Crippen molar-refractivity contribution in [1.82, 2.24) is 20.0 Å². The minimum absolute atomic E-state index is 0.0320. The molecule has 7 heteroatoms. The van der Waals surface area contributed by atoms with E-state index in [0.717, 1.165) is 43.6 Å². The molecule has 19 heavy (non-hydrogen) atoms. The maximum atomic E-state index is 12.2. The van der Waals surface area contributed by atoms with E-state index in [1.807, 2.05) is 4.90 Å². The van der Waals surface area contributed by atoms with E-state index in [4.69, 9.17) is 11.6 Å². The molecule has 0 bridgehead atoms. The minimum atomic E-state index is -0.0320. The van der Waals surface area contributed by atoms with Crippen LogP contribution >= 0.6 is 22.9 Å². The van der Waals surface area contributed by atoms with Crippen molar-refractivity contribution in [3.05, 3.63) is 9.47 Å². The zero-order chi connectivity index (χ0) is 13.2. The van der Waals surface area contributed by atoms with Crippen molar-refractivity contribution in [2.75, 3.05) is 26.2 Å². The van der Waals surface area contributed by atoms with E-state index < -0.39 is 0 Å². The van der Waals surface area contributed by atoms with E-state index in [9.17, 15) is 4.79 Å². The van der Waals surface area contributed by atoms with Crippen molar-refractivity contribution < 1.29 is 4.79 Å². The number of hydrogen-bond acceptors (Lipinski definition) is 5. The van der Waals surface area contributed by atoms with Crippen LogP contribution in [0.4, 0.5) is 0 Å². The highest BCUT2D eigenvalue weighted by Gasteiger charge is 2.29. The third-order valence-electron chi connectivity index (χ3n) is 4.03. The van der Waals surface area contributed by atoms with Gasteiger partial charge in [-0.15, -0.1) is 10.2 Å². The van der Waals surface area contributed by atoms with Crippen molar-refractivity contribution >= 4 is 28.8 Å². The molecule has 1 amide bonds. The van der Waals surface area contributed by atoms with Crippen LogP contribution in [0.25, 0.3) is 0 Å². The lowest BCUT2D eigenvalue weighted by atomic mass is 10.2. The molecule has 1 aromatic rings. The van der Waals surface area contributed by atoms with Gasteiger partial charge in [0.15, 0.2) is 0 Å². The van der Waals surface area contributed by atoms with Gasteiger partial charge in [0.25, 0.3) is 5.91 Å². The SMILES string of the molecule is O=C(c1nnc(Cl)s1)N1CCN(C2CCCC2)CC1. The second-order valence-corrected chi connectivity index (χ2v) is 6.69. The number of carbonyl (C=O) groups excluding carboxylic acids is 1. The van der Waals surface area contributed by atoms with E-state index in [1.165, 1.54) is 25.7 Å². The van der Waals surface area contributed by atoms with Gasteiger partial charge in [-0.3, -0.25) is 9.69 Å². The van der Waals surface area contributed by atoms with Crippen LogP contribution in [0.5, 0.6) is 0 Å². The number of hydrogen-bond donors (Lipinski definition) is 0. The number of halogens is 1. The fourth-order valence-corrected chi connectivity index (χ4v) is 3.78. The summed E-state index contributed by atoms with van der Waals surface area (Å²) >= 11 is 6.87. The molecule has 0 radical (unpaired) electrons. The predicted octanol–water partition coefficient (Wildman–Crippen LogP) is 1.89. The number of aromatic nitrogens is 2. The summed E-state index contributed by atoms with van der Waals surface area (Å²) in [4.78, 5) is 16.6. The topological polar surface area (TPSA) is 49.3 Å². The van der Waals surface area contributed by atoms with Gasteiger partial charge in [0, 0.05) is 32.2 Å². The van der Waals surface area contributed by atoms with Crippen molar-refractivity contribution in [2.45, 2.75) is 31.7 Å². The molecule has 2 aliphatic rings. The first-order valence-electron chi connectivity index (χ1n) is 6.76. The molecular weight excluding hydrogens is 284 g/mol. The van der Waals surface area contributed by atoms with Crippen LogP contribution in [0.3, 0.4) is 0 Å². The normalized spacial score (nSPS) is 22.1. The molecule has 0 N–H and O–H groups in total. The van der Waals surface area contributed by atoms with Crippen LogP contribution < -0.4 is 0 Å². The van der Waals surface area contributed by atoms with E-state index in [-0.39, 0.29) is 5.91 Å². The fourth-order valence-electron chi connectivity index (χ4n) is 2.99. The second-order valence-electron chi connectivity index (χ2n) is 5.13. The highest BCUT2D eigenvalue weighted by Crippen LogP contribution is 2.25. The maximum absolute atomic E-state index is 12.2. The average molecular weight is 301 g/mol. The standard InChI is InChI=1S/C12H17ClN4OS/c13-12-15-14-10(19-12)11(18)17-7-5-16(6-8-17)9-3-1-2-4-9/h9H,1-8H2. The minimum Gasteiger partial charge on any atom is -0.334 e. The van der Waals surface area contributed by atoms with Gasteiger partial charge < -0.3 is 4.90 Å². The monoisotopic (exact) mass is 300 g/mol. The molecule has 1 aromatic heterocycles. The molecule has 104 valence electrons. The van der Waals surface area contributed by atoms with Gasteiger partial charge in [-0.2, -0.15) is 0 Å². The van der Waals surface area contributed by atoms with Gasteiger partial charge in [0.05, 0.1) is 0 Å². The molecule has 2 fully saturated rings. The Bertz CT molecular complexity index is 452. The number of amides is 1. The van der Waals surface area contributed by atoms with Gasteiger partial charge in [-0.25, -0.2) is 0 Å². The molecule has 1 aliphatic heterocycles. The van der Waals surface area contributed by atoms with Gasteiger partial charge >= 0.3 is 0 Å².